The van der Waals surface area contributed by atoms with Crippen molar-refractivity contribution in [2.75, 3.05) is 0 Å². The number of alkyl halides is 3. The Bertz CT molecular complexity index is 364. The first-order valence-electron chi connectivity index (χ1n) is 3.08. The van der Waals surface area contributed by atoms with Crippen molar-refractivity contribution in [3.63, 3.8) is 0 Å². The zero-order chi connectivity index (χ0) is 10.1. The van der Waals surface area contributed by atoms with Crippen molar-refractivity contribution < 1.29 is 17.6 Å². The Morgan fingerprint density at radius 2 is 2.00 bits per heavy atom. The summed E-state index contributed by atoms with van der Waals surface area (Å²) in [5.41, 5.74) is -1.99. The van der Waals surface area contributed by atoms with Gasteiger partial charge in [0.15, 0.2) is 0 Å². The van der Waals surface area contributed by atoms with Gasteiger partial charge in [-0.15, -0.1) is 0 Å². The minimum Gasteiger partial charge on any atom is -0.228 e. The van der Waals surface area contributed by atoms with Gasteiger partial charge in [0.25, 0.3) is 0 Å². The molecule has 0 aliphatic heterocycles. The molecule has 0 aromatic carbocycles. The maximum absolute atomic E-state index is 12.3. The average Bonchev–Trinajstić information content (AvgIpc) is 2.01. The van der Waals surface area contributed by atoms with E-state index in [-0.39, 0.29) is 0 Å². The van der Waals surface area contributed by atoms with Gasteiger partial charge in [-0.1, -0.05) is 0 Å². The second-order valence-electron chi connectivity index (χ2n) is 2.16. The standard InChI is InChI=1S/C7H2F4N2/c8-6-1-4(2-12)5(3-13-6)7(9,10)11/h1,3H. The molecule has 68 valence electrons. The van der Waals surface area contributed by atoms with E-state index in [0.29, 0.717) is 12.3 Å². The first-order valence-corrected chi connectivity index (χ1v) is 3.08. The van der Waals surface area contributed by atoms with E-state index in [1.807, 2.05) is 0 Å². The van der Waals surface area contributed by atoms with Gasteiger partial charge < -0.3 is 0 Å². The van der Waals surface area contributed by atoms with Gasteiger partial charge in [0.05, 0.1) is 17.2 Å². The van der Waals surface area contributed by atoms with Gasteiger partial charge in [-0.3, -0.25) is 0 Å². The lowest BCUT2D eigenvalue weighted by molar-refractivity contribution is -0.138. The van der Waals surface area contributed by atoms with Gasteiger partial charge in [-0.25, -0.2) is 4.98 Å². The molecular weight excluding hydrogens is 188 g/mol. The first kappa shape index (κ1) is 9.45. The molecule has 0 spiro atoms. The molecular formula is C7H2F4N2. The summed E-state index contributed by atoms with van der Waals surface area (Å²) in [7, 11) is 0. The molecule has 0 atom stereocenters. The third-order valence-electron chi connectivity index (χ3n) is 1.30. The number of nitrogens with zero attached hydrogens (tertiary/aromatic N) is 2. The second kappa shape index (κ2) is 3.01. The zero-order valence-corrected chi connectivity index (χ0v) is 6.06. The van der Waals surface area contributed by atoms with E-state index >= 15 is 0 Å². The van der Waals surface area contributed by atoms with Gasteiger partial charge in [0.1, 0.15) is 0 Å². The van der Waals surface area contributed by atoms with E-state index in [1.165, 1.54) is 6.07 Å². The summed E-state index contributed by atoms with van der Waals surface area (Å²) in [6, 6.07) is 1.69. The lowest BCUT2D eigenvalue weighted by Gasteiger charge is -2.06. The lowest BCUT2D eigenvalue weighted by Crippen LogP contribution is -2.09. The SMILES string of the molecule is N#Cc1cc(F)ncc1C(F)(F)F. The third-order valence-corrected chi connectivity index (χ3v) is 1.30. The average molecular weight is 190 g/mol. The predicted octanol–water partition coefficient (Wildman–Crippen LogP) is 2.11. The summed E-state index contributed by atoms with van der Waals surface area (Å²) in [4.78, 5) is 2.82. The Kier molecular flexibility index (Phi) is 2.19. The molecule has 0 unspecified atom stereocenters. The van der Waals surface area contributed by atoms with Gasteiger partial charge in [-0.2, -0.15) is 22.8 Å². The van der Waals surface area contributed by atoms with Crippen LogP contribution in [0.5, 0.6) is 0 Å². The van der Waals surface area contributed by atoms with E-state index in [9.17, 15) is 17.6 Å². The van der Waals surface area contributed by atoms with Crippen LogP contribution in [0, 0.1) is 17.3 Å². The molecule has 1 aromatic rings. The van der Waals surface area contributed by atoms with Crippen molar-refractivity contribution in [2.24, 2.45) is 0 Å². The maximum Gasteiger partial charge on any atom is 0.419 e. The quantitative estimate of drug-likeness (QED) is 0.464. The number of hydrogen-bond acceptors (Lipinski definition) is 2. The molecule has 0 N–H and O–H groups in total. The second-order valence-corrected chi connectivity index (χ2v) is 2.16. The number of pyridine rings is 1. The lowest BCUT2D eigenvalue weighted by atomic mass is 10.1. The number of nitriles is 1. The minimum absolute atomic E-state index is 0.299. The molecule has 0 amide bonds. The van der Waals surface area contributed by atoms with Gasteiger partial charge in [-0.05, 0) is 0 Å². The summed E-state index contributed by atoms with van der Waals surface area (Å²) >= 11 is 0. The van der Waals surface area contributed by atoms with Crippen LogP contribution in [-0.2, 0) is 6.18 Å². The highest BCUT2D eigenvalue weighted by Crippen LogP contribution is 2.31. The van der Waals surface area contributed by atoms with E-state index < -0.39 is 23.3 Å². The summed E-state index contributed by atoms with van der Waals surface area (Å²) in [6.07, 6.45) is -4.38. The normalized spacial score (nSPS) is 11.0. The molecule has 0 aliphatic rings. The molecule has 0 aliphatic carbocycles. The smallest absolute Gasteiger partial charge is 0.228 e. The van der Waals surface area contributed by atoms with Crippen LogP contribution in [0.3, 0.4) is 0 Å². The zero-order valence-electron chi connectivity index (χ0n) is 6.06. The molecule has 13 heavy (non-hydrogen) atoms. The van der Waals surface area contributed by atoms with Crippen LogP contribution in [0.1, 0.15) is 11.1 Å². The number of aromatic nitrogens is 1. The Labute approximate surface area is 70.4 Å². The van der Waals surface area contributed by atoms with E-state index in [2.05, 4.69) is 4.98 Å². The number of rotatable bonds is 0. The van der Waals surface area contributed by atoms with Gasteiger partial charge in [0.2, 0.25) is 5.95 Å². The fourth-order valence-corrected chi connectivity index (χ4v) is 0.748. The van der Waals surface area contributed by atoms with Gasteiger partial charge in [0, 0.05) is 12.3 Å². The number of hydrogen-bond donors (Lipinski definition) is 0. The summed E-state index contributed by atoms with van der Waals surface area (Å²) < 4.78 is 48.5. The topological polar surface area (TPSA) is 36.7 Å². The van der Waals surface area contributed by atoms with Crippen LogP contribution in [0.25, 0.3) is 0 Å². The summed E-state index contributed by atoms with van der Waals surface area (Å²) in [5, 5.41) is 8.26. The molecule has 6 heteroatoms. The Morgan fingerprint density at radius 1 is 1.38 bits per heavy atom. The first-order chi connectivity index (χ1) is 5.95. The number of halogens is 4. The third kappa shape index (κ3) is 1.93. The Balaban J connectivity index is 3.32. The van der Waals surface area contributed by atoms with Crippen LogP contribution in [0.4, 0.5) is 17.6 Å². The van der Waals surface area contributed by atoms with Crippen LogP contribution in [0.15, 0.2) is 12.3 Å². The van der Waals surface area contributed by atoms with E-state index in [0.717, 1.165) is 0 Å². The van der Waals surface area contributed by atoms with Crippen LogP contribution < -0.4 is 0 Å². The molecule has 1 rings (SSSR count). The molecule has 0 fully saturated rings. The predicted molar refractivity (Wildman–Crippen MR) is 33.9 cm³/mol. The van der Waals surface area contributed by atoms with E-state index in [1.54, 1.807) is 0 Å². The van der Waals surface area contributed by atoms with Crippen molar-refractivity contribution in [2.45, 2.75) is 6.18 Å². The summed E-state index contributed by atoms with van der Waals surface area (Å²) in [6.45, 7) is 0. The molecule has 0 saturated carbocycles. The van der Waals surface area contributed by atoms with Gasteiger partial charge >= 0.3 is 6.18 Å². The molecule has 1 heterocycles. The van der Waals surface area contributed by atoms with Crippen LogP contribution >= 0.6 is 0 Å². The highest BCUT2D eigenvalue weighted by Gasteiger charge is 2.34. The van der Waals surface area contributed by atoms with Crippen LogP contribution in [0.2, 0.25) is 0 Å². The molecule has 2 nitrogen and oxygen atoms in total. The van der Waals surface area contributed by atoms with Crippen molar-refractivity contribution in [1.29, 1.82) is 5.26 Å². The Hall–Kier alpha value is -1.64. The summed E-state index contributed by atoms with van der Waals surface area (Å²) in [5.74, 6) is -1.11. The molecule has 0 bridgehead atoms. The Morgan fingerprint density at radius 3 is 2.46 bits per heavy atom. The van der Waals surface area contributed by atoms with Crippen molar-refractivity contribution in [3.05, 3.63) is 29.3 Å². The van der Waals surface area contributed by atoms with Crippen molar-refractivity contribution in [1.82, 2.24) is 4.98 Å². The molecule has 0 radical (unpaired) electrons. The van der Waals surface area contributed by atoms with Crippen molar-refractivity contribution in [3.8, 4) is 6.07 Å². The molecule has 0 saturated heterocycles. The monoisotopic (exact) mass is 190 g/mol. The highest BCUT2D eigenvalue weighted by atomic mass is 19.4. The minimum atomic E-state index is -4.67. The fourth-order valence-electron chi connectivity index (χ4n) is 0.748. The van der Waals surface area contributed by atoms with Crippen LogP contribution in [-0.4, -0.2) is 4.98 Å². The van der Waals surface area contributed by atoms with E-state index in [4.69, 9.17) is 5.26 Å². The fraction of sp³-hybridized carbons (Fsp3) is 0.143. The van der Waals surface area contributed by atoms with Crippen molar-refractivity contribution >= 4 is 0 Å². The maximum atomic E-state index is 12.3. The molecule has 1 aromatic heterocycles. The highest BCUT2D eigenvalue weighted by molar-refractivity contribution is 5.37. The largest absolute Gasteiger partial charge is 0.419 e.